The number of hydrogen-bond acceptors (Lipinski definition) is 0. The third-order valence-corrected chi connectivity index (χ3v) is 9.81. The monoisotopic (exact) mass is 505 g/mol. The smallest absolute Gasteiger partial charge is 0.0355 e. The van der Waals surface area contributed by atoms with Gasteiger partial charge in [0.05, 0.1) is 0 Å². The van der Waals surface area contributed by atoms with Crippen molar-refractivity contribution in [2.45, 2.75) is 207 Å². The summed E-state index contributed by atoms with van der Waals surface area (Å²) >= 11 is 0. The van der Waals surface area contributed by atoms with Crippen LogP contribution < -0.4 is 0 Å². The Hall–Kier alpha value is 0. The van der Waals surface area contributed by atoms with E-state index in [1.165, 1.54) is 141 Å². The molecule has 0 heterocycles. The van der Waals surface area contributed by atoms with Crippen LogP contribution in [0.3, 0.4) is 0 Å². The molecule has 1 saturated carbocycles. The number of rotatable bonds is 26. The lowest BCUT2D eigenvalue weighted by Gasteiger charge is -2.44. The standard InChI is InChI=1S/C36H72/c1-5-9-13-17-19-20-22-26-30-36-34(28-24-21-18-14-10-6-2)32-31-33(27-23-15-11-7-3)35(36)29-25-16-12-8-4/h33-36H,5-32H2,1-4H3. The first-order chi connectivity index (χ1) is 17.8. The van der Waals surface area contributed by atoms with Crippen molar-refractivity contribution < 1.29 is 0 Å². The highest BCUT2D eigenvalue weighted by molar-refractivity contribution is 4.88. The lowest BCUT2D eigenvalue weighted by atomic mass is 9.61. The summed E-state index contributed by atoms with van der Waals surface area (Å²) in [6.07, 6.45) is 41.7. The van der Waals surface area contributed by atoms with Crippen molar-refractivity contribution in [1.82, 2.24) is 0 Å². The van der Waals surface area contributed by atoms with Crippen molar-refractivity contribution >= 4 is 0 Å². The summed E-state index contributed by atoms with van der Waals surface area (Å²) in [5.41, 5.74) is 0. The maximum absolute atomic E-state index is 2.37. The van der Waals surface area contributed by atoms with E-state index >= 15 is 0 Å². The highest BCUT2D eigenvalue weighted by Crippen LogP contribution is 2.47. The fourth-order valence-electron chi connectivity index (χ4n) is 7.51. The molecule has 0 aromatic rings. The van der Waals surface area contributed by atoms with Crippen LogP contribution in [0.5, 0.6) is 0 Å². The molecule has 0 saturated heterocycles. The summed E-state index contributed by atoms with van der Waals surface area (Å²) in [5, 5.41) is 0. The molecule has 0 heteroatoms. The average molecular weight is 505 g/mol. The fraction of sp³-hybridized carbons (Fsp3) is 1.00. The first kappa shape index (κ1) is 34.0. The van der Waals surface area contributed by atoms with Gasteiger partial charge in [-0.3, -0.25) is 0 Å². The van der Waals surface area contributed by atoms with E-state index in [1.807, 2.05) is 0 Å². The van der Waals surface area contributed by atoms with Crippen LogP contribution in [0.4, 0.5) is 0 Å². The molecule has 0 aromatic heterocycles. The molecular formula is C36H72. The largest absolute Gasteiger partial charge is 0.0654 e. The number of hydrogen-bond donors (Lipinski definition) is 0. The first-order valence-corrected chi connectivity index (χ1v) is 17.8. The second kappa shape index (κ2) is 25.3. The molecule has 216 valence electrons. The quantitative estimate of drug-likeness (QED) is 0.103. The van der Waals surface area contributed by atoms with Gasteiger partial charge in [0.1, 0.15) is 0 Å². The molecule has 1 aliphatic carbocycles. The highest BCUT2D eigenvalue weighted by Gasteiger charge is 2.37. The molecule has 0 amide bonds. The third-order valence-electron chi connectivity index (χ3n) is 9.81. The van der Waals surface area contributed by atoms with Gasteiger partial charge in [0.2, 0.25) is 0 Å². The zero-order valence-corrected chi connectivity index (χ0v) is 26.1. The van der Waals surface area contributed by atoms with Crippen LogP contribution in [0, 0.1) is 23.7 Å². The van der Waals surface area contributed by atoms with E-state index in [9.17, 15) is 0 Å². The molecule has 0 N–H and O–H groups in total. The minimum absolute atomic E-state index is 1.06. The van der Waals surface area contributed by atoms with E-state index in [1.54, 1.807) is 38.5 Å². The molecule has 0 spiro atoms. The predicted octanol–water partition coefficient (Wildman–Crippen LogP) is 13.5. The summed E-state index contributed by atoms with van der Waals surface area (Å²) in [7, 11) is 0. The first-order valence-electron chi connectivity index (χ1n) is 17.8. The zero-order valence-electron chi connectivity index (χ0n) is 26.1. The van der Waals surface area contributed by atoms with Crippen molar-refractivity contribution in [2.24, 2.45) is 23.7 Å². The maximum atomic E-state index is 2.37. The second-order valence-electron chi connectivity index (χ2n) is 12.9. The highest BCUT2D eigenvalue weighted by atomic mass is 14.4. The normalized spacial score (nSPS) is 22.3. The average Bonchev–Trinajstić information content (AvgIpc) is 2.89. The van der Waals surface area contributed by atoms with Crippen molar-refractivity contribution in [1.29, 1.82) is 0 Å². The van der Waals surface area contributed by atoms with Crippen LogP contribution in [-0.4, -0.2) is 0 Å². The lowest BCUT2D eigenvalue weighted by Crippen LogP contribution is -2.35. The van der Waals surface area contributed by atoms with Crippen molar-refractivity contribution in [3.63, 3.8) is 0 Å². The van der Waals surface area contributed by atoms with Gasteiger partial charge in [-0.05, 0) is 49.4 Å². The summed E-state index contributed by atoms with van der Waals surface area (Å²) in [4.78, 5) is 0. The molecule has 0 aromatic carbocycles. The van der Waals surface area contributed by atoms with Gasteiger partial charge in [-0.25, -0.2) is 0 Å². The molecule has 1 fully saturated rings. The topological polar surface area (TPSA) is 0 Å². The minimum Gasteiger partial charge on any atom is -0.0654 e. The van der Waals surface area contributed by atoms with Gasteiger partial charge < -0.3 is 0 Å². The SMILES string of the molecule is CCCCCCCCCCC1C(CCCCCCCC)CCC(CCCCCC)C1CCCCCC. The Kier molecular flexibility index (Phi) is 23.9. The van der Waals surface area contributed by atoms with Gasteiger partial charge in [0.15, 0.2) is 0 Å². The molecule has 36 heavy (non-hydrogen) atoms. The van der Waals surface area contributed by atoms with Crippen LogP contribution in [-0.2, 0) is 0 Å². The van der Waals surface area contributed by atoms with Crippen LogP contribution in [0.15, 0.2) is 0 Å². The van der Waals surface area contributed by atoms with Gasteiger partial charge in [-0.1, -0.05) is 182 Å². The Morgan fingerprint density at radius 3 is 0.889 bits per heavy atom. The van der Waals surface area contributed by atoms with Crippen LogP contribution >= 0.6 is 0 Å². The minimum atomic E-state index is 1.06. The van der Waals surface area contributed by atoms with Gasteiger partial charge in [0.25, 0.3) is 0 Å². The van der Waals surface area contributed by atoms with E-state index in [2.05, 4.69) is 27.7 Å². The van der Waals surface area contributed by atoms with Crippen LogP contribution in [0.2, 0.25) is 0 Å². The Balaban J connectivity index is 2.67. The zero-order chi connectivity index (χ0) is 26.1. The van der Waals surface area contributed by atoms with Crippen LogP contribution in [0.1, 0.15) is 207 Å². The van der Waals surface area contributed by atoms with Crippen molar-refractivity contribution in [3.05, 3.63) is 0 Å². The van der Waals surface area contributed by atoms with Gasteiger partial charge in [-0.15, -0.1) is 0 Å². The predicted molar refractivity (Wildman–Crippen MR) is 166 cm³/mol. The van der Waals surface area contributed by atoms with E-state index in [4.69, 9.17) is 0 Å². The molecule has 1 rings (SSSR count). The molecule has 0 bridgehead atoms. The second-order valence-corrected chi connectivity index (χ2v) is 12.9. The number of unbranched alkanes of at least 4 members (excludes halogenated alkanes) is 18. The Morgan fingerprint density at radius 2 is 0.556 bits per heavy atom. The molecule has 1 aliphatic rings. The molecule has 0 aliphatic heterocycles. The Bertz CT molecular complexity index is 426. The third kappa shape index (κ3) is 16.8. The molecule has 4 unspecified atom stereocenters. The van der Waals surface area contributed by atoms with E-state index in [0.717, 1.165) is 23.7 Å². The van der Waals surface area contributed by atoms with E-state index in [-0.39, 0.29) is 0 Å². The molecule has 0 radical (unpaired) electrons. The Morgan fingerprint density at radius 1 is 0.306 bits per heavy atom. The van der Waals surface area contributed by atoms with E-state index < -0.39 is 0 Å². The maximum Gasteiger partial charge on any atom is -0.0355 e. The van der Waals surface area contributed by atoms with Crippen molar-refractivity contribution in [3.8, 4) is 0 Å². The Labute approximate surface area is 231 Å². The fourth-order valence-corrected chi connectivity index (χ4v) is 7.51. The van der Waals surface area contributed by atoms with Gasteiger partial charge >= 0.3 is 0 Å². The lowest BCUT2D eigenvalue weighted by molar-refractivity contribution is 0.0581. The summed E-state index contributed by atoms with van der Waals surface area (Å²) in [5.74, 6) is 4.24. The molecular weight excluding hydrogens is 432 g/mol. The molecule has 0 nitrogen and oxygen atoms in total. The summed E-state index contributed by atoms with van der Waals surface area (Å²) < 4.78 is 0. The van der Waals surface area contributed by atoms with Gasteiger partial charge in [-0.2, -0.15) is 0 Å². The van der Waals surface area contributed by atoms with Gasteiger partial charge in [0, 0.05) is 0 Å². The molecule has 4 atom stereocenters. The van der Waals surface area contributed by atoms with Crippen LogP contribution in [0.25, 0.3) is 0 Å². The van der Waals surface area contributed by atoms with E-state index in [0.29, 0.717) is 0 Å². The summed E-state index contributed by atoms with van der Waals surface area (Å²) in [6.45, 7) is 9.42. The summed E-state index contributed by atoms with van der Waals surface area (Å²) in [6, 6.07) is 0. The van der Waals surface area contributed by atoms with Crippen molar-refractivity contribution in [2.75, 3.05) is 0 Å².